The lowest BCUT2D eigenvalue weighted by Gasteiger charge is -2.16. The van der Waals surface area contributed by atoms with E-state index < -0.39 is 17.7 Å². The Balaban J connectivity index is 2.48. The molecule has 0 aromatic heterocycles. The summed E-state index contributed by atoms with van der Waals surface area (Å²) in [4.78, 5) is 10.5. The highest BCUT2D eigenvalue weighted by Crippen LogP contribution is 2.28. The van der Waals surface area contributed by atoms with E-state index in [-0.39, 0.29) is 13.0 Å². The van der Waals surface area contributed by atoms with Crippen LogP contribution < -0.4 is 5.32 Å². The van der Waals surface area contributed by atoms with Crippen molar-refractivity contribution in [3.05, 3.63) is 0 Å². The Morgan fingerprint density at radius 1 is 1.83 bits per heavy atom. The van der Waals surface area contributed by atoms with Crippen LogP contribution in [0.4, 0.5) is 4.39 Å². The molecular weight excluding hydrogens is 161 g/mol. The van der Waals surface area contributed by atoms with Crippen LogP contribution in [0, 0.1) is 0 Å². The molecule has 2 atom stereocenters. The zero-order chi connectivity index (χ0) is 9.19. The summed E-state index contributed by atoms with van der Waals surface area (Å²) in [7, 11) is 0. The molecule has 4 heteroatoms. The van der Waals surface area contributed by atoms with Crippen LogP contribution in [0.1, 0.15) is 26.2 Å². The average Bonchev–Trinajstić information content (AvgIpc) is 2.33. The Bertz CT molecular complexity index is 186. The number of aliphatic carboxylic acids is 1. The summed E-state index contributed by atoms with van der Waals surface area (Å²) in [6, 6.07) is -0.693. The van der Waals surface area contributed by atoms with Crippen molar-refractivity contribution in [1.29, 1.82) is 0 Å². The van der Waals surface area contributed by atoms with Crippen molar-refractivity contribution in [3.8, 4) is 0 Å². The molecular formula is C8H14FNO2. The number of hydrogen-bond donors (Lipinski definition) is 2. The Labute approximate surface area is 71.0 Å². The highest BCUT2D eigenvalue weighted by Gasteiger charge is 2.41. The van der Waals surface area contributed by atoms with Crippen LogP contribution in [-0.4, -0.2) is 29.3 Å². The number of carboxylic acids is 1. The van der Waals surface area contributed by atoms with Gasteiger partial charge in [0, 0.05) is 13.0 Å². The number of nitrogens with one attached hydrogen (secondary N) is 1. The second-order valence-corrected chi connectivity index (χ2v) is 3.38. The number of halogens is 1. The SMILES string of the molecule is CCCC1(F)CN[C@H](C(=O)O)C1. The van der Waals surface area contributed by atoms with E-state index in [1.54, 1.807) is 0 Å². The monoisotopic (exact) mass is 175 g/mol. The molecule has 1 rings (SSSR count). The van der Waals surface area contributed by atoms with Crippen LogP contribution in [0.15, 0.2) is 0 Å². The van der Waals surface area contributed by atoms with Gasteiger partial charge in [0.05, 0.1) is 0 Å². The standard InChI is InChI=1S/C8H14FNO2/c1-2-3-8(9)4-6(7(11)12)10-5-8/h6,10H,2-5H2,1H3,(H,11,12)/t6-,8?/m0/s1. The quantitative estimate of drug-likeness (QED) is 0.671. The van der Waals surface area contributed by atoms with Gasteiger partial charge in [0.1, 0.15) is 11.7 Å². The van der Waals surface area contributed by atoms with Gasteiger partial charge in [0.25, 0.3) is 0 Å². The maximum atomic E-state index is 13.6. The molecule has 12 heavy (non-hydrogen) atoms. The third-order valence-corrected chi connectivity index (χ3v) is 2.23. The number of rotatable bonds is 3. The van der Waals surface area contributed by atoms with Crippen molar-refractivity contribution < 1.29 is 14.3 Å². The Kier molecular flexibility index (Phi) is 2.67. The van der Waals surface area contributed by atoms with Crippen molar-refractivity contribution in [2.45, 2.75) is 37.9 Å². The molecule has 3 nitrogen and oxygen atoms in total. The molecule has 1 aliphatic heterocycles. The Morgan fingerprint density at radius 2 is 2.50 bits per heavy atom. The third-order valence-electron chi connectivity index (χ3n) is 2.23. The van der Waals surface area contributed by atoms with Crippen molar-refractivity contribution in [3.63, 3.8) is 0 Å². The van der Waals surface area contributed by atoms with Crippen molar-refractivity contribution in [1.82, 2.24) is 5.32 Å². The first kappa shape index (κ1) is 9.45. The average molecular weight is 175 g/mol. The highest BCUT2D eigenvalue weighted by molar-refractivity contribution is 5.74. The largest absolute Gasteiger partial charge is 0.480 e. The van der Waals surface area contributed by atoms with Gasteiger partial charge in [-0.2, -0.15) is 0 Å². The summed E-state index contributed by atoms with van der Waals surface area (Å²) in [6.07, 6.45) is 1.31. The maximum Gasteiger partial charge on any atom is 0.320 e. The fraction of sp³-hybridized carbons (Fsp3) is 0.875. The molecule has 2 N–H and O–H groups in total. The molecule has 0 aliphatic carbocycles. The third kappa shape index (κ3) is 1.94. The molecule has 0 bridgehead atoms. The normalized spacial score (nSPS) is 35.3. The molecule has 1 fully saturated rings. The molecule has 1 aliphatic rings. The molecule has 0 saturated carbocycles. The highest BCUT2D eigenvalue weighted by atomic mass is 19.1. The minimum Gasteiger partial charge on any atom is -0.480 e. The van der Waals surface area contributed by atoms with E-state index in [2.05, 4.69) is 5.32 Å². The van der Waals surface area contributed by atoms with Gasteiger partial charge in [0.2, 0.25) is 0 Å². The number of hydrogen-bond acceptors (Lipinski definition) is 2. The van der Waals surface area contributed by atoms with E-state index in [4.69, 9.17) is 5.11 Å². The van der Waals surface area contributed by atoms with Gasteiger partial charge < -0.3 is 10.4 Å². The Morgan fingerprint density at radius 3 is 2.92 bits per heavy atom. The van der Waals surface area contributed by atoms with Gasteiger partial charge in [-0.1, -0.05) is 13.3 Å². The van der Waals surface area contributed by atoms with Crippen LogP contribution in [0.25, 0.3) is 0 Å². The predicted octanol–water partition coefficient (Wildman–Crippen LogP) is 0.941. The molecule has 0 spiro atoms. The van der Waals surface area contributed by atoms with Gasteiger partial charge in [-0.3, -0.25) is 4.79 Å². The lowest BCUT2D eigenvalue weighted by Crippen LogP contribution is -2.30. The summed E-state index contributed by atoms with van der Waals surface area (Å²) in [5, 5.41) is 11.2. The predicted molar refractivity (Wildman–Crippen MR) is 42.8 cm³/mol. The summed E-state index contributed by atoms with van der Waals surface area (Å²) in [5.41, 5.74) is -1.29. The molecule has 1 heterocycles. The first-order chi connectivity index (χ1) is 5.57. The van der Waals surface area contributed by atoms with Crippen LogP contribution in [0.2, 0.25) is 0 Å². The maximum absolute atomic E-state index is 13.6. The van der Waals surface area contributed by atoms with E-state index in [0.29, 0.717) is 6.42 Å². The fourth-order valence-corrected chi connectivity index (χ4v) is 1.63. The molecule has 0 radical (unpaired) electrons. The zero-order valence-corrected chi connectivity index (χ0v) is 7.14. The first-order valence-electron chi connectivity index (χ1n) is 4.22. The van der Waals surface area contributed by atoms with Gasteiger partial charge in [-0.15, -0.1) is 0 Å². The second-order valence-electron chi connectivity index (χ2n) is 3.38. The summed E-state index contributed by atoms with van der Waals surface area (Å²) in [6.45, 7) is 2.08. The zero-order valence-electron chi connectivity index (χ0n) is 7.14. The Hall–Kier alpha value is -0.640. The first-order valence-corrected chi connectivity index (χ1v) is 4.22. The van der Waals surface area contributed by atoms with Crippen molar-refractivity contribution in [2.75, 3.05) is 6.54 Å². The molecule has 0 aromatic carbocycles. The van der Waals surface area contributed by atoms with Gasteiger partial charge >= 0.3 is 5.97 Å². The van der Waals surface area contributed by atoms with E-state index in [1.807, 2.05) is 6.92 Å². The van der Waals surface area contributed by atoms with Crippen LogP contribution in [0.5, 0.6) is 0 Å². The number of carboxylic acid groups (broad SMARTS) is 1. The smallest absolute Gasteiger partial charge is 0.320 e. The number of carbonyl (C=O) groups is 1. The molecule has 1 saturated heterocycles. The number of alkyl halides is 1. The van der Waals surface area contributed by atoms with Crippen LogP contribution in [-0.2, 0) is 4.79 Å². The van der Waals surface area contributed by atoms with E-state index in [9.17, 15) is 9.18 Å². The van der Waals surface area contributed by atoms with E-state index in [0.717, 1.165) is 6.42 Å². The molecule has 70 valence electrons. The van der Waals surface area contributed by atoms with Gasteiger partial charge in [-0.05, 0) is 6.42 Å². The summed E-state index contributed by atoms with van der Waals surface area (Å²) in [5.74, 6) is -0.953. The minimum atomic E-state index is -1.29. The molecule has 0 aromatic rings. The van der Waals surface area contributed by atoms with E-state index >= 15 is 0 Å². The summed E-state index contributed by atoms with van der Waals surface area (Å²) >= 11 is 0. The van der Waals surface area contributed by atoms with Gasteiger partial charge in [-0.25, -0.2) is 4.39 Å². The summed E-state index contributed by atoms with van der Waals surface area (Å²) < 4.78 is 13.6. The fourth-order valence-electron chi connectivity index (χ4n) is 1.63. The van der Waals surface area contributed by atoms with E-state index in [1.165, 1.54) is 0 Å². The van der Waals surface area contributed by atoms with Crippen LogP contribution in [0.3, 0.4) is 0 Å². The van der Waals surface area contributed by atoms with Gasteiger partial charge in [0.15, 0.2) is 0 Å². The molecule has 1 unspecified atom stereocenters. The van der Waals surface area contributed by atoms with Crippen LogP contribution >= 0.6 is 0 Å². The second kappa shape index (κ2) is 3.39. The topological polar surface area (TPSA) is 49.3 Å². The molecule has 0 amide bonds. The lowest BCUT2D eigenvalue weighted by molar-refractivity contribution is -0.139. The minimum absolute atomic E-state index is 0.107. The van der Waals surface area contributed by atoms with Crippen molar-refractivity contribution >= 4 is 5.97 Å². The lowest BCUT2D eigenvalue weighted by atomic mass is 9.97. The van der Waals surface area contributed by atoms with Crippen molar-refractivity contribution in [2.24, 2.45) is 0 Å².